The number of anilines is 8. The zero-order chi connectivity index (χ0) is 106. The predicted octanol–water partition coefficient (Wildman–Crippen LogP) is 16.7. The summed E-state index contributed by atoms with van der Waals surface area (Å²) in [7, 11) is 3.52. The predicted molar refractivity (Wildman–Crippen MR) is 516 cm³/mol. The molecule has 147 heavy (non-hydrogen) atoms. The van der Waals surface area contributed by atoms with E-state index in [0.717, 1.165) is 147 Å². The summed E-state index contributed by atoms with van der Waals surface area (Å²) >= 11 is 0. The average molecular weight is 2090 g/mol. The van der Waals surface area contributed by atoms with E-state index in [1.54, 1.807) is 57.1 Å². The number of nitrogens with zero attached hydrogens (tertiary/aromatic N) is 16. The number of aromatic nitrogens is 8. The third-order valence-electron chi connectivity index (χ3n) is 25.5. The van der Waals surface area contributed by atoms with Gasteiger partial charge >= 0.3 is 54.2 Å². The van der Waals surface area contributed by atoms with Gasteiger partial charge in [-0.05, 0) is 171 Å². The molecule has 12 N–H and O–H groups in total. The first-order valence-corrected chi connectivity index (χ1v) is 48.1. The lowest BCUT2D eigenvalue weighted by molar-refractivity contribution is -0.384. The van der Waals surface area contributed by atoms with Crippen molar-refractivity contribution in [2.24, 2.45) is 23.7 Å². The van der Waals surface area contributed by atoms with Crippen LogP contribution in [0.4, 0.5) is 132 Å². The molecule has 2 amide bonds. The molecule has 4 aliphatic carbocycles. The van der Waals surface area contributed by atoms with Crippen LogP contribution in [0.1, 0.15) is 145 Å². The molecule has 6 fully saturated rings. The van der Waals surface area contributed by atoms with Crippen molar-refractivity contribution in [1.82, 2.24) is 70.1 Å². The summed E-state index contributed by atoms with van der Waals surface area (Å²) in [6.07, 6.45) is -0.891. The first-order chi connectivity index (χ1) is 69.9. The molecule has 14 rings (SSSR count). The molecule has 6 aliphatic rings. The Balaban J connectivity index is 0.000000187. The third-order valence-corrected chi connectivity index (χ3v) is 25.5. The number of urea groups is 1. The molecule has 804 valence electrons. The fourth-order valence-electron chi connectivity index (χ4n) is 17.9. The SMILES string of the molecule is CN(C)C(=O)N1CCN(C2CCC(CNc3nc(NCc4ccccc4OC(F)(F)F)ncc3[N+](=O)[O-])CC2)CC1.C[C@@H](O)CNC1CCC(CNc2nc(NCc3ccccc3OC(F)(F)F)ncc2[N+](=O)[O-])CC1.C[C@H](O)CNC1CCC(CNc2nc(NCc3ccccc3OC(F)(F)F)ncc2[N+](=O)[O-])CC1.O=[N+]([O-])c1cnc(NCc2ccccc2OC(F)(F)F)nc1NCC1CCC(N2CCC(F)C2)CC1. The quantitative estimate of drug-likeness (QED) is 0.00964. The molecule has 4 aromatic heterocycles. The number of nitrogens with one attached hydrogen (secondary N) is 10. The molecule has 4 aromatic carbocycles. The van der Waals surface area contributed by atoms with E-state index in [4.69, 9.17) is 0 Å². The topological polar surface area (TPSA) is 503 Å². The van der Waals surface area contributed by atoms with Crippen molar-refractivity contribution in [1.29, 1.82) is 0 Å². The molecule has 0 radical (unpaired) electrons. The van der Waals surface area contributed by atoms with Gasteiger partial charge in [-0.1, -0.05) is 72.8 Å². The zero-order valence-electron chi connectivity index (χ0n) is 81.0. The van der Waals surface area contributed by atoms with Crippen molar-refractivity contribution >= 4 is 75.8 Å². The van der Waals surface area contributed by atoms with E-state index in [1.807, 2.05) is 4.90 Å². The normalized spacial score (nSPS) is 20.2. The molecule has 3 atom stereocenters. The van der Waals surface area contributed by atoms with Gasteiger partial charge in [0.05, 0.1) is 31.9 Å². The zero-order valence-corrected chi connectivity index (χ0v) is 81.0. The number of rotatable bonds is 40. The lowest BCUT2D eigenvalue weighted by Crippen LogP contribution is -2.54. The van der Waals surface area contributed by atoms with E-state index in [-0.39, 0.29) is 147 Å². The van der Waals surface area contributed by atoms with Crippen LogP contribution in [-0.2, 0) is 26.2 Å². The molecule has 4 saturated carbocycles. The Kier molecular flexibility index (Phi) is 42.0. The van der Waals surface area contributed by atoms with Crippen molar-refractivity contribution < 1.29 is 111 Å². The Labute approximate surface area is 836 Å². The summed E-state index contributed by atoms with van der Waals surface area (Å²) in [6.45, 7) is 10.6. The summed E-state index contributed by atoms with van der Waals surface area (Å²) in [5.74, 6) is 0.0976. The molecule has 41 nitrogen and oxygen atoms in total. The minimum absolute atomic E-state index is 0.0310. The molecule has 0 spiro atoms. The maximum absolute atomic E-state index is 13.5. The second kappa shape index (κ2) is 54.3. The number of para-hydroxylation sites is 4. The van der Waals surface area contributed by atoms with Crippen molar-refractivity contribution in [2.45, 2.75) is 217 Å². The number of alkyl halides is 13. The Morgan fingerprint density at radius 1 is 0.388 bits per heavy atom. The van der Waals surface area contributed by atoms with Gasteiger partial charge in [-0.15, -0.1) is 52.7 Å². The van der Waals surface area contributed by atoms with Crippen molar-refractivity contribution in [2.75, 3.05) is 135 Å². The Morgan fingerprint density at radius 3 is 0.884 bits per heavy atom. The molecule has 54 heteroatoms. The maximum Gasteiger partial charge on any atom is 0.573 e. The molecular formula is C93H121F13N26O15. The van der Waals surface area contributed by atoms with Gasteiger partial charge in [-0.3, -0.25) is 50.3 Å². The number of ether oxygens (including phenoxy) is 4. The number of piperazine rings is 1. The van der Waals surface area contributed by atoms with E-state index in [1.165, 1.54) is 72.8 Å². The van der Waals surface area contributed by atoms with Gasteiger partial charge in [0.15, 0.2) is 0 Å². The average Bonchev–Trinajstić information content (AvgIpc) is 1.28. The lowest BCUT2D eigenvalue weighted by atomic mass is 9.85. The van der Waals surface area contributed by atoms with E-state index >= 15 is 0 Å². The number of hydrogen-bond acceptors (Lipinski definition) is 35. The summed E-state index contributed by atoms with van der Waals surface area (Å²) in [5.41, 5.74) is -0.253. The molecule has 8 aromatic rings. The standard InChI is InChI=1S/C26H35F3N8O4.C23H28F4N6O3.2C22H29F3N6O4/c1-34(2)25(38)36-13-11-35(12-14-36)20-9-7-18(8-10-20)15-30-23-21(37(39)40)17-32-24(33-23)31-16-19-5-3-4-6-22(19)41-26(27,28)29;24-17-9-10-32(14-17)18-7-5-15(6-8-18)11-28-21-19(33(34)35)13-30-22(31-21)29-12-16-3-1-2-4-20(16)36-23(25,26)27;2*1-14(32)10-26-17-8-6-15(7-9-17)11-27-20-18(31(33)34)13-29-21(30-20)28-12-16-4-2-3-5-19(16)35-22(23,24)25/h3-6,17-18,20H,7-16H2,1-2H3,(H2,30,31,32,33);1-4,13,15,17-18H,5-12,14H2,(H2,28,29,30,31);2*2-5,13-15,17,26,32H,6-12H2,1H3,(H2,27,28,29,30)/t;;2*14-,15?,17?/m..10/s1. The van der Waals surface area contributed by atoms with Gasteiger partial charge < -0.3 is 92.1 Å². The molecule has 2 saturated heterocycles. The number of aliphatic hydroxyl groups is 2. The summed E-state index contributed by atoms with van der Waals surface area (Å²) in [6, 6.07) is 24.2. The number of carbonyl (C=O) groups excluding carboxylic acids is 1. The van der Waals surface area contributed by atoms with Crippen molar-refractivity contribution in [3.63, 3.8) is 0 Å². The van der Waals surface area contributed by atoms with Crippen LogP contribution >= 0.6 is 0 Å². The van der Waals surface area contributed by atoms with Crippen molar-refractivity contribution in [3.05, 3.63) is 185 Å². The number of benzene rings is 4. The number of hydrogen-bond donors (Lipinski definition) is 12. The van der Waals surface area contributed by atoms with Crippen LogP contribution in [0, 0.1) is 64.1 Å². The van der Waals surface area contributed by atoms with Crippen LogP contribution in [0.15, 0.2) is 122 Å². The fraction of sp³-hybridized carbons (Fsp3) is 0.559. The molecule has 1 unspecified atom stereocenters. The smallest absolute Gasteiger partial charge is 0.405 e. The highest BCUT2D eigenvalue weighted by atomic mass is 19.4. The number of carbonyl (C=O) groups is 1. The number of aliphatic hydroxyl groups excluding tert-OH is 2. The van der Waals surface area contributed by atoms with Crippen LogP contribution in [0.5, 0.6) is 23.0 Å². The second-order valence-corrected chi connectivity index (χ2v) is 36.7. The van der Waals surface area contributed by atoms with Crippen LogP contribution < -0.4 is 72.1 Å². The van der Waals surface area contributed by atoms with Gasteiger partial charge in [-0.2, -0.15) is 19.9 Å². The number of likely N-dealkylation sites (tertiary alicyclic amines) is 1. The largest absolute Gasteiger partial charge is 0.573 e. The number of halogens is 13. The molecular weight excluding hydrogens is 1970 g/mol. The first-order valence-electron chi connectivity index (χ1n) is 48.1. The number of nitro groups is 4. The maximum atomic E-state index is 13.5. The highest BCUT2D eigenvalue weighted by Gasteiger charge is 2.39. The summed E-state index contributed by atoms with van der Waals surface area (Å²) in [5, 5.41) is 94.8. The highest BCUT2D eigenvalue weighted by Crippen LogP contribution is 2.39. The molecule has 2 aliphatic heterocycles. The highest BCUT2D eigenvalue weighted by molar-refractivity contribution is 5.74. The summed E-state index contributed by atoms with van der Waals surface area (Å²) in [4.78, 5) is 96.4. The molecule has 0 bridgehead atoms. The van der Waals surface area contributed by atoms with Crippen LogP contribution in [0.25, 0.3) is 0 Å². The summed E-state index contributed by atoms with van der Waals surface area (Å²) < 4.78 is 182. The fourth-order valence-corrected chi connectivity index (χ4v) is 17.9. The third kappa shape index (κ3) is 38.1. The lowest BCUT2D eigenvalue weighted by Gasteiger charge is -2.42. The Bertz CT molecular complexity index is 5390. The van der Waals surface area contributed by atoms with Crippen LogP contribution in [-0.4, -0.2) is 256 Å². The monoisotopic (exact) mass is 2090 g/mol. The van der Waals surface area contributed by atoms with Gasteiger partial charge in [0.1, 0.15) is 54.0 Å². The van der Waals surface area contributed by atoms with Gasteiger partial charge in [0.25, 0.3) is 0 Å². The van der Waals surface area contributed by atoms with Crippen LogP contribution in [0.3, 0.4) is 0 Å². The van der Waals surface area contributed by atoms with E-state index < -0.39 is 63.5 Å². The van der Waals surface area contributed by atoms with Gasteiger partial charge in [0.2, 0.25) is 47.1 Å². The Morgan fingerprint density at radius 2 is 0.646 bits per heavy atom. The second-order valence-electron chi connectivity index (χ2n) is 36.7. The minimum atomic E-state index is -4.84. The van der Waals surface area contributed by atoms with E-state index in [0.29, 0.717) is 113 Å². The van der Waals surface area contributed by atoms with E-state index in [9.17, 15) is 113 Å². The van der Waals surface area contributed by atoms with Gasteiger partial charge in [-0.25, -0.2) is 29.1 Å². The number of amides is 2. The minimum Gasteiger partial charge on any atom is -0.405 e. The Hall–Kier alpha value is -13.5. The molecule has 6 heterocycles. The van der Waals surface area contributed by atoms with Gasteiger partial charge in [0, 0.05) is 165 Å². The first kappa shape index (κ1) is 114. The van der Waals surface area contributed by atoms with Crippen LogP contribution in [0.2, 0.25) is 0 Å². The van der Waals surface area contributed by atoms with E-state index in [2.05, 4.69) is 122 Å². The van der Waals surface area contributed by atoms with Crippen molar-refractivity contribution in [3.8, 4) is 23.0 Å².